The molecule has 7 heteroatoms. The standard InChI is InChI=1S/C17H26N2O4.ClH/c1-12-10-19(11-13(2)23-12)8-7-17(20)18-15-6-5-14(21-3)9-16(15)22-4;/h5-6,9,12-13H,7-8,10-11H2,1-4H3,(H,18,20);1H/p-1. The number of anilines is 1. The second-order valence-corrected chi connectivity index (χ2v) is 5.88. The van der Waals surface area contributed by atoms with Crippen molar-refractivity contribution in [3.8, 4) is 11.5 Å². The number of rotatable bonds is 6. The number of hydrogen-bond donors (Lipinski definition) is 1. The van der Waals surface area contributed by atoms with Crippen LogP contribution < -0.4 is 27.2 Å². The maximum atomic E-state index is 12.2. The van der Waals surface area contributed by atoms with Crippen LogP contribution in [-0.4, -0.2) is 56.9 Å². The van der Waals surface area contributed by atoms with Crippen molar-refractivity contribution in [2.75, 3.05) is 39.2 Å². The molecule has 1 amide bonds. The summed E-state index contributed by atoms with van der Waals surface area (Å²) in [6.45, 7) is 6.57. The van der Waals surface area contributed by atoms with Crippen molar-refractivity contribution in [1.29, 1.82) is 0 Å². The first-order valence-corrected chi connectivity index (χ1v) is 7.91. The molecule has 1 aliphatic rings. The monoisotopic (exact) mass is 357 g/mol. The molecule has 0 aliphatic carbocycles. The number of amides is 1. The van der Waals surface area contributed by atoms with Crippen LogP contribution in [0.1, 0.15) is 20.3 Å². The summed E-state index contributed by atoms with van der Waals surface area (Å²) in [7, 11) is 3.16. The molecule has 1 N–H and O–H groups in total. The first kappa shape index (κ1) is 20.5. The van der Waals surface area contributed by atoms with Gasteiger partial charge in [-0.25, -0.2) is 0 Å². The third-order valence-corrected chi connectivity index (χ3v) is 3.83. The predicted molar refractivity (Wildman–Crippen MR) is 89.2 cm³/mol. The molecule has 1 aliphatic heterocycles. The highest BCUT2D eigenvalue weighted by molar-refractivity contribution is 5.92. The number of nitrogens with one attached hydrogen (secondary N) is 1. The van der Waals surface area contributed by atoms with Crippen molar-refractivity contribution < 1.29 is 31.4 Å². The number of carbonyl (C=O) groups excluding carboxylic acids is 1. The van der Waals surface area contributed by atoms with Crippen molar-refractivity contribution in [3.63, 3.8) is 0 Å². The molecule has 1 saturated heterocycles. The molecule has 1 fully saturated rings. The molecule has 0 radical (unpaired) electrons. The smallest absolute Gasteiger partial charge is 0.225 e. The third kappa shape index (κ3) is 5.85. The molecule has 2 rings (SSSR count). The van der Waals surface area contributed by atoms with Crippen LogP contribution in [0.5, 0.6) is 11.5 Å². The average Bonchev–Trinajstić information content (AvgIpc) is 2.52. The van der Waals surface area contributed by atoms with E-state index in [0.29, 0.717) is 23.6 Å². The van der Waals surface area contributed by atoms with Crippen LogP contribution in [-0.2, 0) is 9.53 Å². The second kappa shape index (κ2) is 9.71. The van der Waals surface area contributed by atoms with Gasteiger partial charge in [-0.3, -0.25) is 9.69 Å². The van der Waals surface area contributed by atoms with Gasteiger partial charge in [0.25, 0.3) is 0 Å². The first-order chi connectivity index (χ1) is 11.0. The lowest BCUT2D eigenvalue weighted by Gasteiger charge is -2.35. The number of ether oxygens (including phenoxy) is 3. The van der Waals surface area contributed by atoms with Gasteiger partial charge in [0.2, 0.25) is 5.91 Å². The normalized spacial score (nSPS) is 20.8. The lowest BCUT2D eigenvalue weighted by atomic mass is 10.2. The number of hydrogen-bond acceptors (Lipinski definition) is 5. The van der Waals surface area contributed by atoms with Gasteiger partial charge in [0.15, 0.2) is 0 Å². The molecular formula is C17H26ClN2O4-. The Morgan fingerprint density at radius 2 is 1.92 bits per heavy atom. The van der Waals surface area contributed by atoms with Crippen molar-refractivity contribution in [2.45, 2.75) is 32.5 Å². The maximum Gasteiger partial charge on any atom is 0.225 e. The van der Waals surface area contributed by atoms with Crippen molar-refractivity contribution >= 4 is 11.6 Å². The zero-order chi connectivity index (χ0) is 16.8. The minimum atomic E-state index is -0.0275. The summed E-state index contributed by atoms with van der Waals surface area (Å²) in [6.07, 6.45) is 0.862. The fraction of sp³-hybridized carbons (Fsp3) is 0.588. The quantitative estimate of drug-likeness (QED) is 0.718. The zero-order valence-electron chi connectivity index (χ0n) is 14.7. The molecule has 24 heavy (non-hydrogen) atoms. The molecule has 6 nitrogen and oxygen atoms in total. The second-order valence-electron chi connectivity index (χ2n) is 5.88. The van der Waals surface area contributed by atoms with Gasteiger partial charge in [-0.05, 0) is 26.0 Å². The Hall–Kier alpha value is -1.50. The predicted octanol–water partition coefficient (Wildman–Crippen LogP) is -0.854. The Bertz CT molecular complexity index is 531. The van der Waals surface area contributed by atoms with E-state index in [1.54, 1.807) is 32.4 Å². The fourth-order valence-electron chi connectivity index (χ4n) is 2.84. The van der Waals surface area contributed by atoms with E-state index in [2.05, 4.69) is 24.1 Å². The SMILES string of the molecule is COc1ccc(NC(=O)CCN2CC(C)OC(C)C2)c(OC)c1.[Cl-]. The Morgan fingerprint density at radius 3 is 2.50 bits per heavy atom. The van der Waals surface area contributed by atoms with E-state index in [1.165, 1.54) is 0 Å². The number of carbonyl (C=O) groups is 1. The topological polar surface area (TPSA) is 60.0 Å². The molecule has 1 aromatic carbocycles. The van der Waals surface area contributed by atoms with Crippen molar-refractivity contribution in [1.82, 2.24) is 4.90 Å². The summed E-state index contributed by atoms with van der Waals surface area (Å²) >= 11 is 0. The van der Waals surface area contributed by atoms with Gasteiger partial charge in [-0.1, -0.05) is 0 Å². The third-order valence-electron chi connectivity index (χ3n) is 3.83. The highest BCUT2D eigenvalue weighted by Crippen LogP contribution is 2.29. The van der Waals surface area contributed by atoms with E-state index in [9.17, 15) is 4.79 Å². The number of methoxy groups -OCH3 is 2. The van der Waals surface area contributed by atoms with Crippen LogP contribution in [0, 0.1) is 0 Å². The van der Waals surface area contributed by atoms with Crippen LogP contribution in [0.4, 0.5) is 5.69 Å². The van der Waals surface area contributed by atoms with Crippen LogP contribution in [0.25, 0.3) is 0 Å². The molecule has 2 unspecified atom stereocenters. The number of benzene rings is 1. The number of nitrogens with zero attached hydrogens (tertiary/aromatic N) is 1. The molecule has 136 valence electrons. The Morgan fingerprint density at radius 1 is 1.25 bits per heavy atom. The van der Waals surface area contributed by atoms with Gasteiger partial charge < -0.3 is 31.9 Å². The molecule has 2 atom stereocenters. The largest absolute Gasteiger partial charge is 1.00 e. The highest BCUT2D eigenvalue weighted by atomic mass is 35.5. The van der Waals surface area contributed by atoms with Crippen molar-refractivity contribution in [3.05, 3.63) is 18.2 Å². The van der Waals surface area contributed by atoms with Gasteiger partial charge in [-0.2, -0.15) is 0 Å². The van der Waals surface area contributed by atoms with Crippen LogP contribution in [0.3, 0.4) is 0 Å². The summed E-state index contributed by atoms with van der Waals surface area (Å²) in [6, 6.07) is 5.33. The van der Waals surface area contributed by atoms with Crippen LogP contribution >= 0.6 is 0 Å². The van der Waals surface area contributed by atoms with Crippen LogP contribution in [0.15, 0.2) is 18.2 Å². The van der Waals surface area contributed by atoms with Gasteiger partial charge >= 0.3 is 0 Å². The van der Waals surface area contributed by atoms with Gasteiger partial charge in [0.05, 0.1) is 32.1 Å². The van der Waals surface area contributed by atoms with E-state index in [1.807, 2.05) is 0 Å². The van der Waals surface area contributed by atoms with E-state index in [-0.39, 0.29) is 30.5 Å². The Labute approximate surface area is 149 Å². The molecular weight excluding hydrogens is 332 g/mol. The maximum absolute atomic E-state index is 12.2. The Kier molecular flexibility index (Phi) is 8.31. The molecule has 0 saturated carbocycles. The van der Waals surface area contributed by atoms with Gasteiger partial charge in [0.1, 0.15) is 11.5 Å². The van der Waals surface area contributed by atoms with Crippen molar-refractivity contribution in [2.24, 2.45) is 0 Å². The average molecular weight is 358 g/mol. The summed E-state index contributed by atoms with van der Waals surface area (Å²) in [5.41, 5.74) is 0.655. The van der Waals surface area contributed by atoms with Crippen LogP contribution in [0.2, 0.25) is 0 Å². The minimum absolute atomic E-state index is 0. The number of halogens is 1. The molecule has 1 aromatic rings. The van der Waals surface area contributed by atoms with E-state index < -0.39 is 0 Å². The van der Waals surface area contributed by atoms with E-state index in [0.717, 1.165) is 19.6 Å². The fourth-order valence-corrected chi connectivity index (χ4v) is 2.84. The molecule has 0 aromatic heterocycles. The lowest BCUT2D eigenvalue weighted by Crippen LogP contribution is -3.00. The minimum Gasteiger partial charge on any atom is -1.00 e. The molecule has 0 bridgehead atoms. The summed E-state index contributed by atoms with van der Waals surface area (Å²) in [5, 5.41) is 2.90. The highest BCUT2D eigenvalue weighted by Gasteiger charge is 2.22. The molecule has 1 heterocycles. The Balaban J connectivity index is 0.00000288. The van der Waals surface area contributed by atoms with E-state index >= 15 is 0 Å². The summed E-state index contributed by atoms with van der Waals surface area (Å²) < 4.78 is 16.1. The zero-order valence-corrected chi connectivity index (χ0v) is 15.4. The first-order valence-electron chi connectivity index (χ1n) is 7.91. The lowest BCUT2D eigenvalue weighted by molar-refractivity contribution is -0.117. The molecule has 0 spiro atoms. The van der Waals surface area contributed by atoms with Gasteiger partial charge in [0, 0.05) is 32.1 Å². The number of morpholine rings is 1. The van der Waals surface area contributed by atoms with E-state index in [4.69, 9.17) is 14.2 Å². The van der Waals surface area contributed by atoms with Gasteiger partial charge in [-0.15, -0.1) is 0 Å². The summed E-state index contributed by atoms with van der Waals surface area (Å²) in [5.74, 6) is 1.25. The summed E-state index contributed by atoms with van der Waals surface area (Å²) in [4.78, 5) is 14.5.